The highest BCUT2D eigenvalue weighted by molar-refractivity contribution is 7.89. The zero-order chi connectivity index (χ0) is 12.7. The fourth-order valence-corrected chi connectivity index (χ4v) is 3.61. The van der Waals surface area contributed by atoms with E-state index in [1.54, 1.807) is 10.4 Å². The molecule has 0 bridgehead atoms. The van der Waals surface area contributed by atoms with Gasteiger partial charge in [-0.25, -0.2) is 8.42 Å². The summed E-state index contributed by atoms with van der Waals surface area (Å²) in [5.41, 5.74) is 0. The van der Waals surface area contributed by atoms with Crippen molar-refractivity contribution >= 4 is 10.0 Å². The van der Waals surface area contributed by atoms with Crippen molar-refractivity contribution in [3.05, 3.63) is 12.7 Å². The molecule has 100 valence electrons. The van der Waals surface area contributed by atoms with Crippen LogP contribution >= 0.6 is 0 Å². The second-order valence-electron chi connectivity index (χ2n) is 4.47. The van der Waals surface area contributed by atoms with Gasteiger partial charge in [0.25, 0.3) is 0 Å². The van der Waals surface area contributed by atoms with E-state index in [4.69, 9.17) is 0 Å². The fourth-order valence-electron chi connectivity index (χ4n) is 1.81. The predicted molar refractivity (Wildman–Crippen MR) is 71.5 cm³/mol. The zero-order valence-corrected chi connectivity index (χ0v) is 11.5. The molecule has 1 aliphatic carbocycles. The number of unbranched alkanes of at least 4 members (excludes halogenated alkanes) is 1. The lowest BCUT2D eigenvalue weighted by Gasteiger charge is -2.20. The number of nitrogens with zero attached hydrogens (tertiary/aromatic N) is 1. The topological polar surface area (TPSA) is 49.4 Å². The van der Waals surface area contributed by atoms with Crippen LogP contribution in [-0.4, -0.2) is 44.2 Å². The number of rotatable bonds is 10. The van der Waals surface area contributed by atoms with Gasteiger partial charge in [-0.05, 0) is 38.8 Å². The standard InChI is InChI=1S/C12H24N2O2S/c1-3-10-14(12-7-8-12)17(15,16)11-6-5-9-13-4-2/h3,12-13H,1,4-11H2,2H3. The molecule has 0 saturated heterocycles. The number of sulfonamides is 1. The largest absolute Gasteiger partial charge is 0.317 e. The predicted octanol–water partition coefficient (Wildman–Crippen LogP) is 1.36. The highest BCUT2D eigenvalue weighted by atomic mass is 32.2. The van der Waals surface area contributed by atoms with Crippen molar-refractivity contribution in [2.24, 2.45) is 0 Å². The molecule has 0 aromatic carbocycles. The maximum absolute atomic E-state index is 12.1. The van der Waals surface area contributed by atoms with Gasteiger partial charge in [-0.2, -0.15) is 4.31 Å². The average molecular weight is 260 g/mol. The highest BCUT2D eigenvalue weighted by Gasteiger charge is 2.35. The van der Waals surface area contributed by atoms with Crippen LogP contribution in [0, 0.1) is 0 Å². The minimum atomic E-state index is -3.07. The van der Waals surface area contributed by atoms with Gasteiger partial charge >= 0.3 is 0 Å². The van der Waals surface area contributed by atoms with Crippen LogP contribution in [0.4, 0.5) is 0 Å². The number of nitrogens with one attached hydrogen (secondary N) is 1. The second-order valence-corrected chi connectivity index (χ2v) is 6.51. The molecule has 0 radical (unpaired) electrons. The zero-order valence-electron chi connectivity index (χ0n) is 10.7. The summed E-state index contributed by atoms with van der Waals surface area (Å²) in [6, 6.07) is 0.242. The van der Waals surface area contributed by atoms with Crippen LogP contribution in [0.2, 0.25) is 0 Å². The van der Waals surface area contributed by atoms with Crippen molar-refractivity contribution in [3.63, 3.8) is 0 Å². The molecular formula is C12H24N2O2S. The molecule has 0 spiro atoms. The third-order valence-electron chi connectivity index (χ3n) is 2.88. The Morgan fingerprint density at radius 2 is 2.12 bits per heavy atom. The number of hydrogen-bond acceptors (Lipinski definition) is 3. The fraction of sp³-hybridized carbons (Fsp3) is 0.833. The summed E-state index contributed by atoms with van der Waals surface area (Å²) in [6.07, 6.45) is 5.33. The Hall–Kier alpha value is -0.390. The Labute approximate surface area is 105 Å². The van der Waals surface area contributed by atoms with Crippen LogP contribution in [0.5, 0.6) is 0 Å². The summed E-state index contributed by atoms with van der Waals surface area (Å²) in [5, 5.41) is 3.20. The van der Waals surface area contributed by atoms with E-state index in [2.05, 4.69) is 18.8 Å². The van der Waals surface area contributed by atoms with Crippen molar-refractivity contribution in [2.45, 2.75) is 38.6 Å². The molecule has 1 fully saturated rings. The van der Waals surface area contributed by atoms with Gasteiger partial charge in [0.1, 0.15) is 0 Å². The molecule has 5 heteroatoms. The SMILES string of the molecule is C=CCN(C1CC1)S(=O)(=O)CCCCNCC. The maximum atomic E-state index is 12.1. The van der Waals surface area contributed by atoms with Gasteiger partial charge in [0, 0.05) is 12.6 Å². The van der Waals surface area contributed by atoms with Gasteiger partial charge in [0.05, 0.1) is 5.75 Å². The molecule has 0 atom stereocenters. The molecule has 1 N–H and O–H groups in total. The molecule has 17 heavy (non-hydrogen) atoms. The summed E-state index contributed by atoms with van der Waals surface area (Å²) in [5.74, 6) is 0.267. The van der Waals surface area contributed by atoms with Gasteiger partial charge < -0.3 is 5.32 Å². The monoisotopic (exact) mass is 260 g/mol. The van der Waals surface area contributed by atoms with Crippen LogP contribution in [-0.2, 0) is 10.0 Å². The van der Waals surface area contributed by atoms with Gasteiger partial charge in [0.15, 0.2) is 0 Å². The normalized spacial score (nSPS) is 16.4. The molecule has 1 saturated carbocycles. The summed E-state index contributed by atoms with van der Waals surface area (Å²) >= 11 is 0. The molecule has 0 aromatic rings. The lowest BCUT2D eigenvalue weighted by Crippen LogP contribution is -2.35. The van der Waals surface area contributed by atoms with E-state index in [0.29, 0.717) is 6.54 Å². The first-order valence-electron chi connectivity index (χ1n) is 6.43. The minimum absolute atomic E-state index is 0.242. The molecule has 0 heterocycles. The molecule has 1 rings (SSSR count). The van der Waals surface area contributed by atoms with Crippen molar-refractivity contribution in [1.82, 2.24) is 9.62 Å². The van der Waals surface area contributed by atoms with Crippen LogP contribution in [0.3, 0.4) is 0 Å². The second kappa shape index (κ2) is 7.13. The highest BCUT2D eigenvalue weighted by Crippen LogP contribution is 2.29. The Morgan fingerprint density at radius 1 is 1.41 bits per heavy atom. The lowest BCUT2D eigenvalue weighted by atomic mass is 10.3. The average Bonchev–Trinajstić information content (AvgIpc) is 3.09. The van der Waals surface area contributed by atoms with Crippen LogP contribution in [0.25, 0.3) is 0 Å². The van der Waals surface area contributed by atoms with E-state index in [-0.39, 0.29) is 11.8 Å². The van der Waals surface area contributed by atoms with E-state index in [9.17, 15) is 8.42 Å². The Morgan fingerprint density at radius 3 is 2.65 bits per heavy atom. The maximum Gasteiger partial charge on any atom is 0.214 e. The van der Waals surface area contributed by atoms with E-state index >= 15 is 0 Å². The van der Waals surface area contributed by atoms with E-state index < -0.39 is 10.0 Å². The summed E-state index contributed by atoms with van der Waals surface area (Å²) in [7, 11) is -3.07. The summed E-state index contributed by atoms with van der Waals surface area (Å²) in [4.78, 5) is 0. The first-order valence-corrected chi connectivity index (χ1v) is 8.04. The number of hydrogen-bond donors (Lipinski definition) is 1. The molecule has 4 nitrogen and oxygen atoms in total. The van der Waals surface area contributed by atoms with Crippen LogP contribution in [0.15, 0.2) is 12.7 Å². The first-order chi connectivity index (χ1) is 8.11. The molecular weight excluding hydrogens is 236 g/mol. The van der Waals surface area contributed by atoms with Gasteiger partial charge in [-0.1, -0.05) is 13.0 Å². The minimum Gasteiger partial charge on any atom is -0.317 e. The van der Waals surface area contributed by atoms with Gasteiger partial charge in [-0.15, -0.1) is 6.58 Å². The van der Waals surface area contributed by atoms with Crippen molar-refractivity contribution < 1.29 is 8.42 Å². The Balaban J connectivity index is 2.34. The van der Waals surface area contributed by atoms with Crippen LogP contribution < -0.4 is 5.32 Å². The molecule has 0 amide bonds. The van der Waals surface area contributed by atoms with E-state index in [0.717, 1.165) is 38.8 Å². The van der Waals surface area contributed by atoms with Crippen LogP contribution in [0.1, 0.15) is 32.6 Å². The molecule has 0 aliphatic heterocycles. The molecule has 1 aliphatic rings. The van der Waals surface area contributed by atoms with Gasteiger partial charge in [0.2, 0.25) is 10.0 Å². The summed E-state index contributed by atoms with van der Waals surface area (Å²) < 4.78 is 25.8. The summed E-state index contributed by atoms with van der Waals surface area (Å²) in [6.45, 7) is 7.98. The molecule has 0 aromatic heterocycles. The third-order valence-corrected chi connectivity index (χ3v) is 4.84. The van der Waals surface area contributed by atoms with Crippen molar-refractivity contribution in [3.8, 4) is 0 Å². The first kappa shape index (κ1) is 14.7. The van der Waals surface area contributed by atoms with Crippen molar-refractivity contribution in [1.29, 1.82) is 0 Å². The third kappa shape index (κ3) is 5.19. The Bertz CT molecular complexity index is 323. The quantitative estimate of drug-likeness (QED) is 0.476. The van der Waals surface area contributed by atoms with E-state index in [1.165, 1.54) is 0 Å². The van der Waals surface area contributed by atoms with Gasteiger partial charge in [-0.3, -0.25) is 0 Å². The smallest absolute Gasteiger partial charge is 0.214 e. The van der Waals surface area contributed by atoms with Crippen molar-refractivity contribution in [2.75, 3.05) is 25.4 Å². The Kier molecular flexibility index (Phi) is 6.16. The molecule has 0 unspecified atom stereocenters. The lowest BCUT2D eigenvalue weighted by molar-refractivity contribution is 0.434. The van der Waals surface area contributed by atoms with E-state index in [1.807, 2.05) is 0 Å².